The van der Waals surface area contributed by atoms with Crippen molar-refractivity contribution in [3.05, 3.63) is 94.9 Å². The van der Waals surface area contributed by atoms with Crippen molar-refractivity contribution in [2.24, 2.45) is 0 Å². The third-order valence-corrected chi connectivity index (χ3v) is 5.91. The van der Waals surface area contributed by atoms with Crippen molar-refractivity contribution in [3.63, 3.8) is 0 Å². The molecule has 8 heteroatoms. The smallest absolute Gasteiger partial charge is 0.244 e. The molecule has 0 aliphatic carbocycles. The topological polar surface area (TPSA) is 75.4 Å². The molecule has 4 rings (SSSR count). The number of rotatable bonds is 8. The number of hydrogen-bond acceptors (Lipinski definition) is 5. The first kappa shape index (κ1) is 21.8. The lowest BCUT2D eigenvalue weighted by Gasteiger charge is -2.21. The van der Waals surface area contributed by atoms with Crippen LogP contribution in [-0.4, -0.2) is 28.2 Å². The molecule has 6 nitrogen and oxygen atoms in total. The number of anilines is 1. The number of halogens is 1. The molecule has 162 valence electrons. The maximum absolute atomic E-state index is 13.1. The van der Waals surface area contributed by atoms with Crippen LogP contribution in [0.3, 0.4) is 0 Å². The number of carbonyl (C=O) groups excluding carboxylic acids is 2. The maximum Gasteiger partial charge on any atom is 0.244 e. The van der Waals surface area contributed by atoms with Gasteiger partial charge in [0, 0.05) is 16.6 Å². The van der Waals surface area contributed by atoms with E-state index in [0.29, 0.717) is 22.2 Å². The molecular formula is C24H20ClN3O3S. The normalized spacial score (nSPS) is 10.7. The fraction of sp³-hybridized carbons (Fsp3) is 0.125. The van der Waals surface area contributed by atoms with Gasteiger partial charge in [-0.1, -0.05) is 48.0 Å². The van der Waals surface area contributed by atoms with Gasteiger partial charge in [0.05, 0.1) is 29.9 Å². The van der Waals surface area contributed by atoms with Gasteiger partial charge in [-0.3, -0.25) is 9.59 Å². The first-order valence-electron chi connectivity index (χ1n) is 9.93. The maximum atomic E-state index is 13.1. The average molecular weight is 466 g/mol. The van der Waals surface area contributed by atoms with E-state index in [4.69, 9.17) is 16.0 Å². The Morgan fingerprint density at radius 2 is 1.81 bits per heavy atom. The number of thiazole rings is 1. The standard InChI is InChI=1S/C24H20ClN3O3S/c25-21-11-5-4-10-20(21)24-27-18(16-32-24)13-23(30)28(14-19-9-6-12-31-19)15-22(29)26-17-7-2-1-3-8-17/h1-12,16H,13-15H2,(H,26,29). The van der Waals surface area contributed by atoms with Gasteiger partial charge in [0.2, 0.25) is 11.8 Å². The Kier molecular flexibility index (Phi) is 6.99. The Morgan fingerprint density at radius 1 is 1.03 bits per heavy atom. The molecule has 2 aromatic heterocycles. The number of nitrogens with one attached hydrogen (secondary N) is 1. The van der Waals surface area contributed by atoms with Gasteiger partial charge in [-0.25, -0.2) is 4.98 Å². The Morgan fingerprint density at radius 3 is 2.56 bits per heavy atom. The second-order valence-corrected chi connectivity index (χ2v) is 8.31. The van der Waals surface area contributed by atoms with E-state index in [9.17, 15) is 9.59 Å². The summed E-state index contributed by atoms with van der Waals surface area (Å²) in [6.07, 6.45) is 1.61. The first-order valence-corrected chi connectivity index (χ1v) is 11.2. The SMILES string of the molecule is O=C(CN(Cc1ccco1)C(=O)Cc1csc(-c2ccccc2Cl)n1)Nc1ccccc1. The number of aromatic nitrogens is 1. The van der Waals surface area contributed by atoms with E-state index in [-0.39, 0.29) is 31.3 Å². The number of carbonyl (C=O) groups is 2. The van der Waals surface area contributed by atoms with Crippen molar-refractivity contribution in [1.29, 1.82) is 0 Å². The van der Waals surface area contributed by atoms with Crippen LogP contribution in [0.1, 0.15) is 11.5 Å². The second-order valence-electron chi connectivity index (χ2n) is 7.04. The molecule has 4 aromatic rings. The highest BCUT2D eigenvalue weighted by Gasteiger charge is 2.21. The quantitative estimate of drug-likeness (QED) is 0.385. The third-order valence-electron chi connectivity index (χ3n) is 4.66. The zero-order valence-corrected chi connectivity index (χ0v) is 18.6. The van der Waals surface area contributed by atoms with Gasteiger partial charge in [-0.2, -0.15) is 0 Å². The molecule has 2 amide bonds. The van der Waals surface area contributed by atoms with E-state index in [1.165, 1.54) is 16.2 Å². The van der Waals surface area contributed by atoms with Gasteiger partial charge >= 0.3 is 0 Å². The van der Waals surface area contributed by atoms with Crippen molar-refractivity contribution >= 4 is 40.4 Å². The van der Waals surface area contributed by atoms with Gasteiger partial charge in [-0.05, 0) is 30.3 Å². The lowest BCUT2D eigenvalue weighted by molar-refractivity contribution is -0.135. The molecule has 0 aliphatic rings. The Bertz CT molecular complexity index is 1190. The summed E-state index contributed by atoms with van der Waals surface area (Å²) in [5.41, 5.74) is 2.13. The van der Waals surface area contributed by atoms with Gasteiger partial charge in [0.25, 0.3) is 0 Å². The number of para-hydroxylation sites is 1. The fourth-order valence-corrected chi connectivity index (χ4v) is 4.27. The van der Waals surface area contributed by atoms with Crippen LogP contribution in [0.15, 0.2) is 82.8 Å². The first-order chi connectivity index (χ1) is 15.6. The molecule has 0 saturated carbocycles. The number of furan rings is 1. The predicted molar refractivity (Wildman–Crippen MR) is 125 cm³/mol. The average Bonchev–Trinajstić information content (AvgIpc) is 3.46. The minimum Gasteiger partial charge on any atom is -0.467 e. The molecule has 0 bridgehead atoms. The van der Waals surface area contributed by atoms with Crippen LogP contribution in [0.4, 0.5) is 5.69 Å². The molecule has 2 heterocycles. The van der Waals surface area contributed by atoms with Crippen molar-refractivity contribution in [2.75, 3.05) is 11.9 Å². The molecule has 0 unspecified atom stereocenters. The number of nitrogens with zero attached hydrogens (tertiary/aromatic N) is 2. The van der Waals surface area contributed by atoms with E-state index in [0.717, 1.165) is 10.6 Å². The van der Waals surface area contributed by atoms with E-state index >= 15 is 0 Å². The molecule has 0 fully saturated rings. The molecule has 0 saturated heterocycles. The second kappa shape index (κ2) is 10.3. The summed E-state index contributed by atoms with van der Waals surface area (Å²) in [4.78, 5) is 31.7. The van der Waals surface area contributed by atoms with Crippen LogP contribution in [0.2, 0.25) is 5.02 Å². The molecule has 0 spiro atoms. The monoisotopic (exact) mass is 465 g/mol. The summed E-state index contributed by atoms with van der Waals surface area (Å²) in [5.74, 6) is 0.0904. The number of amides is 2. The van der Waals surface area contributed by atoms with Gasteiger partial charge in [0.15, 0.2) is 0 Å². The molecule has 0 aliphatic heterocycles. The molecule has 2 aromatic carbocycles. The van der Waals surface area contributed by atoms with Crippen LogP contribution in [0.5, 0.6) is 0 Å². The predicted octanol–water partition coefficient (Wildman–Crippen LogP) is 5.27. The van der Waals surface area contributed by atoms with Crippen LogP contribution >= 0.6 is 22.9 Å². The van der Waals surface area contributed by atoms with Crippen LogP contribution < -0.4 is 5.32 Å². The zero-order valence-electron chi connectivity index (χ0n) is 17.0. The third kappa shape index (κ3) is 5.63. The van der Waals surface area contributed by atoms with Gasteiger partial charge in [0.1, 0.15) is 17.3 Å². The van der Waals surface area contributed by atoms with Crippen molar-refractivity contribution in [2.45, 2.75) is 13.0 Å². The number of benzene rings is 2. The van der Waals surface area contributed by atoms with Crippen molar-refractivity contribution in [1.82, 2.24) is 9.88 Å². The highest BCUT2D eigenvalue weighted by Crippen LogP contribution is 2.30. The van der Waals surface area contributed by atoms with Crippen LogP contribution in [0, 0.1) is 0 Å². The molecule has 0 radical (unpaired) electrons. The summed E-state index contributed by atoms with van der Waals surface area (Å²) < 4.78 is 5.39. The molecule has 32 heavy (non-hydrogen) atoms. The fourth-order valence-electron chi connectivity index (χ4n) is 3.13. The molecule has 1 N–H and O–H groups in total. The van der Waals surface area contributed by atoms with Gasteiger partial charge < -0.3 is 14.6 Å². The minimum atomic E-state index is -0.286. The Balaban J connectivity index is 1.46. The van der Waals surface area contributed by atoms with E-state index in [1.807, 2.05) is 41.8 Å². The van der Waals surface area contributed by atoms with Gasteiger partial charge in [-0.15, -0.1) is 11.3 Å². The van der Waals surface area contributed by atoms with E-state index in [2.05, 4.69) is 10.3 Å². The lowest BCUT2D eigenvalue weighted by atomic mass is 10.2. The van der Waals surface area contributed by atoms with Crippen molar-refractivity contribution < 1.29 is 14.0 Å². The van der Waals surface area contributed by atoms with Crippen molar-refractivity contribution in [3.8, 4) is 10.6 Å². The highest BCUT2D eigenvalue weighted by molar-refractivity contribution is 7.13. The lowest BCUT2D eigenvalue weighted by Crippen LogP contribution is -2.38. The Labute approximate surface area is 194 Å². The van der Waals surface area contributed by atoms with E-state index < -0.39 is 0 Å². The summed E-state index contributed by atoms with van der Waals surface area (Å²) >= 11 is 7.69. The minimum absolute atomic E-state index is 0.0697. The van der Waals surface area contributed by atoms with E-state index in [1.54, 1.807) is 36.6 Å². The molecule has 0 atom stereocenters. The van der Waals surface area contributed by atoms with Crippen LogP contribution in [0.25, 0.3) is 10.6 Å². The number of hydrogen-bond donors (Lipinski definition) is 1. The summed E-state index contributed by atoms with van der Waals surface area (Å²) in [7, 11) is 0. The summed E-state index contributed by atoms with van der Waals surface area (Å²) in [5, 5.41) is 6.01. The summed E-state index contributed by atoms with van der Waals surface area (Å²) in [6.45, 7) is 0.0888. The largest absolute Gasteiger partial charge is 0.467 e. The highest BCUT2D eigenvalue weighted by atomic mass is 35.5. The zero-order chi connectivity index (χ0) is 22.3. The summed E-state index contributed by atoms with van der Waals surface area (Å²) in [6, 6.07) is 20.1. The molecular weight excluding hydrogens is 446 g/mol. The van der Waals surface area contributed by atoms with Crippen LogP contribution in [-0.2, 0) is 22.6 Å². The Hall–Kier alpha value is -3.42.